The lowest BCUT2D eigenvalue weighted by Crippen LogP contribution is -2.25. The zero-order chi connectivity index (χ0) is 8.23. The number of aliphatic imine (C=N–C) groups is 1. The molecule has 0 aromatic heterocycles. The van der Waals surface area contributed by atoms with Crippen molar-refractivity contribution in [1.29, 1.82) is 0 Å². The van der Waals surface area contributed by atoms with E-state index in [1.54, 1.807) is 6.20 Å². The Labute approximate surface area is 69.7 Å². The van der Waals surface area contributed by atoms with Crippen molar-refractivity contribution in [2.75, 3.05) is 6.73 Å². The number of nitrogens with zero attached hydrogens (tertiary/aromatic N) is 2. The van der Waals surface area contributed by atoms with Crippen LogP contribution in [0, 0.1) is 0 Å². The van der Waals surface area contributed by atoms with Crippen LogP contribution in [0.3, 0.4) is 0 Å². The smallest absolute Gasteiger partial charge is 0.180 e. The summed E-state index contributed by atoms with van der Waals surface area (Å²) in [5.41, 5.74) is 0. The van der Waals surface area contributed by atoms with Gasteiger partial charge in [0.25, 0.3) is 0 Å². The summed E-state index contributed by atoms with van der Waals surface area (Å²) in [5.74, 6) is 0. The fraction of sp³-hybridized carbons (Fsp3) is 0.111. The van der Waals surface area contributed by atoms with Crippen molar-refractivity contribution in [2.45, 2.75) is 0 Å². The number of hydrogen-bond donors (Lipinski definition) is 0. The van der Waals surface area contributed by atoms with Gasteiger partial charge in [0, 0.05) is 11.4 Å². The largest absolute Gasteiger partial charge is 0.461 e. The molecule has 0 spiro atoms. The average molecular weight is 160 g/mol. The van der Waals surface area contributed by atoms with Gasteiger partial charge in [0.1, 0.15) is 0 Å². The van der Waals surface area contributed by atoms with Crippen LogP contribution in [0.1, 0.15) is 0 Å². The molecule has 0 radical (unpaired) electrons. The number of ether oxygens (including phenoxy) is 1. The molecule has 2 rings (SSSR count). The van der Waals surface area contributed by atoms with Gasteiger partial charge in [-0.1, -0.05) is 18.2 Å². The molecule has 12 heavy (non-hydrogen) atoms. The molecule has 0 saturated heterocycles. The van der Waals surface area contributed by atoms with Crippen LogP contribution in [0.2, 0.25) is 0 Å². The molecule has 3 heteroatoms. The summed E-state index contributed by atoms with van der Waals surface area (Å²) in [6.07, 6.45) is 3.14. The minimum absolute atomic E-state index is 0.342. The Balaban J connectivity index is 2.71. The highest BCUT2D eigenvalue weighted by Crippen LogP contribution is 1.78. The van der Waals surface area contributed by atoms with E-state index in [1.165, 1.54) is 6.40 Å². The van der Waals surface area contributed by atoms with Crippen LogP contribution in [0.4, 0.5) is 0 Å². The third-order valence-corrected chi connectivity index (χ3v) is 1.60. The van der Waals surface area contributed by atoms with Crippen LogP contribution in [-0.4, -0.2) is 13.1 Å². The Morgan fingerprint density at radius 3 is 3.17 bits per heavy atom. The Kier molecular flexibility index (Phi) is 1.86. The first-order valence-electron chi connectivity index (χ1n) is 3.70. The molecular formula is C9H8N2O. The summed E-state index contributed by atoms with van der Waals surface area (Å²) in [7, 11) is 0. The SMILES string of the molecule is C1=N/C=c2/cccc/c2=N/CO1. The van der Waals surface area contributed by atoms with E-state index in [9.17, 15) is 0 Å². The molecule has 1 aliphatic heterocycles. The summed E-state index contributed by atoms with van der Waals surface area (Å²) >= 11 is 0. The van der Waals surface area contributed by atoms with Gasteiger partial charge in [-0.2, -0.15) is 0 Å². The van der Waals surface area contributed by atoms with Gasteiger partial charge in [-0.3, -0.25) is 0 Å². The molecule has 0 unspecified atom stereocenters. The Morgan fingerprint density at radius 1 is 1.25 bits per heavy atom. The van der Waals surface area contributed by atoms with E-state index in [-0.39, 0.29) is 0 Å². The highest BCUT2D eigenvalue weighted by atomic mass is 16.5. The van der Waals surface area contributed by atoms with E-state index in [0.29, 0.717) is 6.73 Å². The number of fused-ring (bicyclic) bond motifs is 1. The topological polar surface area (TPSA) is 34.0 Å². The molecule has 1 aromatic rings. The maximum atomic E-state index is 4.94. The monoisotopic (exact) mass is 160 g/mol. The summed E-state index contributed by atoms with van der Waals surface area (Å²) in [6.45, 7) is 0.342. The molecule has 3 nitrogen and oxygen atoms in total. The predicted molar refractivity (Wildman–Crippen MR) is 46.1 cm³/mol. The third kappa shape index (κ3) is 1.34. The van der Waals surface area contributed by atoms with Gasteiger partial charge in [0.15, 0.2) is 13.1 Å². The fourth-order valence-electron chi connectivity index (χ4n) is 1.03. The highest BCUT2D eigenvalue weighted by molar-refractivity contribution is 5.52. The third-order valence-electron chi connectivity index (χ3n) is 1.60. The van der Waals surface area contributed by atoms with E-state index in [1.807, 2.05) is 24.3 Å². The van der Waals surface area contributed by atoms with Crippen molar-refractivity contribution in [2.24, 2.45) is 9.98 Å². The second-order valence-corrected chi connectivity index (χ2v) is 2.40. The highest BCUT2D eigenvalue weighted by Gasteiger charge is 1.86. The average Bonchev–Trinajstić information content (AvgIpc) is 2.06. The van der Waals surface area contributed by atoms with Crippen molar-refractivity contribution in [3.63, 3.8) is 0 Å². The van der Waals surface area contributed by atoms with E-state index in [2.05, 4.69) is 9.98 Å². The van der Waals surface area contributed by atoms with Gasteiger partial charge in [-0.15, -0.1) is 0 Å². The molecule has 0 atom stereocenters. The van der Waals surface area contributed by atoms with Crippen LogP contribution in [-0.2, 0) is 4.74 Å². The predicted octanol–water partition coefficient (Wildman–Crippen LogP) is 0.0602. The lowest BCUT2D eigenvalue weighted by atomic mass is 10.3. The van der Waals surface area contributed by atoms with Gasteiger partial charge in [-0.05, 0) is 6.07 Å². The molecule has 0 aliphatic carbocycles. The van der Waals surface area contributed by atoms with Gasteiger partial charge in [0.2, 0.25) is 0 Å². The Hall–Kier alpha value is -1.64. The number of rotatable bonds is 0. The maximum Gasteiger partial charge on any atom is 0.180 e. The van der Waals surface area contributed by atoms with Crippen LogP contribution in [0.25, 0.3) is 6.20 Å². The standard InChI is InChI=1S/C9H8N2O/c1-2-4-9-8(3-1)5-10-6-12-7-11-9/h1-6H,7H2/b8-5-,10-6?,11-9-. The lowest BCUT2D eigenvalue weighted by molar-refractivity contribution is 0.329. The summed E-state index contributed by atoms with van der Waals surface area (Å²) in [6, 6.07) is 7.82. The van der Waals surface area contributed by atoms with Crippen molar-refractivity contribution < 1.29 is 4.74 Å². The minimum atomic E-state index is 0.342. The molecule has 0 amide bonds. The molecule has 0 saturated carbocycles. The zero-order valence-corrected chi connectivity index (χ0v) is 6.47. The molecule has 0 bridgehead atoms. The Bertz CT molecular complexity index is 409. The van der Waals surface area contributed by atoms with Crippen molar-refractivity contribution >= 4 is 12.6 Å². The van der Waals surface area contributed by atoms with Crippen LogP contribution in [0.15, 0.2) is 34.3 Å². The minimum Gasteiger partial charge on any atom is -0.461 e. The van der Waals surface area contributed by atoms with Crippen molar-refractivity contribution in [3.8, 4) is 0 Å². The second kappa shape index (κ2) is 3.17. The van der Waals surface area contributed by atoms with Gasteiger partial charge in [0.05, 0.1) is 5.36 Å². The maximum absolute atomic E-state index is 4.94. The van der Waals surface area contributed by atoms with Crippen LogP contribution < -0.4 is 10.6 Å². The van der Waals surface area contributed by atoms with E-state index in [4.69, 9.17) is 4.74 Å². The van der Waals surface area contributed by atoms with Crippen molar-refractivity contribution in [1.82, 2.24) is 0 Å². The quantitative estimate of drug-likeness (QED) is 0.528. The van der Waals surface area contributed by atoms with E-state index in [0.717, 1.165) is 10.6 Å². The van der Waals surface area contributed by atoms with Gasteiger partial charge >= 0.3 is 0 Å². The molecular weight excluding hydrogens is 152 g/mol. The van der Waals surface area contributed by atoms with Gasteiger partial charge in [-0.25, -0.2) is 9.98 Å². The van der Waals surface area contributed by atoms with E-state index >= 15 is 0 Å². The van der Waals surface area contributed by atoms with Crippen LogP contribution in [0.5, 0.6) is 0 Å². The Morgan fingerprint density at radius 2 is 2.17 bits per heavy atom. The fourth-order valence-corrected chi connectivity index (χ4v) is 1.03. The first-order chi connectivity index (χ1) is 5.97. The van der Waals surface area contributed by atoms with Gasteiger partial charge < -0.3 is 4.74 Å². The summed E-state index contributed by atoms with van der Waals surface area (Å²) in [4.78, 5) is 8.14. The lowest BCUT2D eigenvalue weighted by Gasteiger charge is -1.95. The molecule has 0 fully saturated rings. The zero-order valence-electron chi connectivity index (χ0n) is 6.47. The molecule has 1 aromatic carbocycles. The number of para-hydroxylation sites is 1. The summed E-state index contributed by atoms with van der Waals surface area (Å²) in [5, 5.41) is 1.95. The normalized spacial score (nSPS) is 20.0. The first kappa shape index (κ1) is 7.03. The van der Waals surface area contributed by atoms with Crippen LogP contribution >= 0.6 is 0 Å². The van der Waals surface area contributed by atoms with Crippen molar-refractivity contribution in [3.05, 3.63) is 34.8 Å². The number of benzene rings is 1. The second-order valence-electron chi connectivity index (χ2n) is 2.40. The molecule has 60 valence electrons. The summed E-state index contributed by atoms with van der Waals surface area (Å²) < 4.78 is 4.94. The molecule has 1 aliphatic rings. The molecule has 1 heterocycles. The molecule has 0 N–H and O–H groups in total. The first-order valence-corrected chi connectivity index (χ1v) is 3.70. The van der Waals surface area contributed by atoms with E-state index < -0.39 is 0 Å². The number of hydrogen-bond acceptors (Lipinski definition) is 3.